The maximum atomic E-state index is 12.6. The van der Waals surface area contributed by atoms with Crippen LogP contribution in [0.3, 0.4) is 0 Å². The van der Waals surface area contributed by atoms with Crippen LogP contribution < -0.4 is 5.56 Å². The SMILES string of the molecule is Cc1sc2[nH]c(=S)n(Cc3ccncn3)c(=O)c2c1C. The van der Waals surface area contributed by atoms with Crippen molar-refractivity contribution in [1.29, 1.82) is 0 Å². The van der Waals surface area contributed by atoms with Crippen LogP contribution in [0.5, 0.6) is 0 Å². The van der Waals surface area contributed by atoms with Crippen LogP contribution in [0.15, 0.2) is 23.4 Å². The molecule has 0 spiro atoms. The quantitative estimate of drug-likeness (QED) is 0.739. The Labute approximate surface area is 124 Å². The molecule has 0 aromatic carbocycles. The smallest absolute Gasteiger partial charge is 0.263 e. The van der Waals surface area contributed by atoms with Crippen molar-refractivity contribution >= 4 is 33.8 Å². The van der Waals surface area contributed by atoms with Gasteiger partial charge in [-0.05, 0) is 37.7 Å². The van der Waals surface area contributed by atoms with Gasteiger partial charge in [-0.15, -0.1) is 11.3 Å². The summed E-state index contributed by atoms with van der Waals surface area (Å²) < 4.78 is 1.96. The van der Waals surface area contributed by atoms with E-state index in [1.807, 2.05) is 13.8 Å². The Morgan fingerprint density at radius 3 is 2.95 bits per heavy atom. The van der Waals surface area contributed by atoms with Crippen molar-refractivity contribution in [2.75, 3.05) is 0 Å². The average molecular weight is 304 g/mol. The number of aromatic amines is 1. The fourth-order valence-corrected chi connectivity index (χ4v) is 3.45. The average Bonchev–Trinajstić information content (AvgIpc) is 2.71. The molecule has 1 N–H and O–H groups in total. The molecule has 0 amide bonds. The first-order valence-corrected chi connectivity index (χ1v) is 7.28. The van der Waals surface area contributed by atoms with Gasteiger partial charge >= 0.3 is 0 Å². The summed E-state index contributed by atoms with van der Waals surface area (Å²) in [5, 5.41) is 0.718. The largest absolute Gasteiger partial charge is 0.323 e. The lowest BCUT2D eigenvalue weighted by atomic mass is 10.2. The summed E-state index contributed by atoms with van der Waals surface area (Å²) >= 11 is 6.85. The Morgan fingerprint density at radius 2 is 2.25 bits per heavy atom. The second-order valence-electron chi connectivity index (χ2n) is 4.51. The third-order valence-electron chi connectivity index (χ3n) is 3.27. The Balaban J connectivity index is 2.24. The maximum Gasteiger partial charge on any atom is 0.263 e. The Kier molecular flexibility index (Phi) is 3.23. The molecule has 0 fully saturated rings. The van der Waals surface area contributed by atoms with E-state index in [0.29, 0.717) is 11.3 Å². The van der Waals surface area contributed by atoms with Gasteiger partial charge in [-0.25, -0.2) is 9.97 Å². The monoisotopic (exact) mass is 304 g/mol. The van der Waals surface area contributed by atoms with Crippen LogP contribution in [0.2, 0.25) is 0 Å². The van der Waals surface area contributed by atoms with Crippen molar-refractivity contribution in [1.82, 2.24) is 19.5 Å². The predicted octanol–water partition coefficient (Wildman–Crippen LogP) is 2.58. The van der Waals surface area contributed by atoms with Gasteiger partial charge in [-0.3, -0.25) is 9.36 Å². The Bertz CT molecular complexity index is 892. The molecule has 0 unspecified atom stereocenters. The summed E-state index contributed by atoms with van der Waals surface area (Å²) in [4.78, 5) is 25.7. The lowest BCUT2D eigenvalue weighted by Crippen LogP contribution is -2.23. The first-order chi connectivity index (χ1) is 9.58. The molecule has 0 saturated carbocycles. The molecule has 3 aromatic heterocycles. The van der Waals surface area contributed by atoms with Crippen LogP contribution in [0, 0.1) is 18.6 Å². The topological polar surface area (TPSA) is 63.6 Å². The van der Waals surface area contributed by atoms with E-state index < -0.39 is 0 Å². The molecule has 102 valence electrons. The molecule has 0 aliphatic rings. The standard InChI is InChI=1S/C13H12N4OS2/c1-7-8(2)20-11-10(7)12(18)17(13(19)16-11)5-9-3-4-14-6-15-9/h3-4,6H,5H2,1-2H3,(H,16,19). The van der Waals surface area contributed by atoms with Crippen LogP contribution in [-0.2, 0) is 6.54 Å². The highest BCUT2D eigenvalue weighted by atomic mass is 32.1. The number of hydrogen-bond donors (Lipinski definition) is 1. The zero-order chi connectivity index (χ0) is 14.3. The third kappa shape index (κ3) is 2.08. The summed E-state index contributed by atoms with van der Waals surface area (Å²) in [5.41, 5.74) is 1.70. The molecule has 3 rings (SSSR count). The summed E-state index contributed by atoms with van der Waals surface area (Å²) in [6.07, 6.45) is 3.12. The van der Waals surface area contributed by atoms with Crippen molar-refractivity contribution in [2.45, 2.75) is 20.4 Å². The number of H-pyrrole nitrogens is 1. The minimum absolute atomic E-state index is 0.0655. The summed E-state index contributed by atoms with van der Waals surface area (Å²) in [6, 6.07) is 1.77. The van der Waals surface area contributed by atoms with E-state index in [1.54, 1.807) is 28.2 Å². The van der Waals surface area contributed by atoms with Crippen LogP contribution in [0.25, 0.3) is 10.2 Å². The van der Waals surface area contributed by atoms with E-state index in [4.69, 9.17) is 12.2 Å². The van der Waals surface area contributed by atoms with Gasteiger partial charge in [0.15, 0.2) is 4.77 Å². The summed E-state index contributed by atoms with van der Waals surface area (Å²) in [6.45, 7) is 4.31. The number of nitrogens with one attached hydrogen (secondary N) is 1. The molecule has 5 nitrogen and oxygen atoms in total. The Morgan fingerprint density at radius 1 is 1.45 bits per heavy atom. The fourth-order valence-electron chi connectivity index (χ4n) is 2.08. The lowest BCUT2D eigenvalue weighted by Gasteiger charge is -2.06. The molecule has 3 aromatic rings. The molecule has 0 atom stereocenters. The molecule has 0 radical (unpaired) electrons. The zero-order valence-electron chi connectivity index (χ0n) is 11.0. The molecular weight excluding hydrogens is 292 g/mol. The van der Waals surface area contributed by atoms with Gasteiger partial charge in [-0.2, -0.15) is 0 Å². The van der Waals surface area contributed by atoms with Gasteiger partial charge in [0.1, 0.15) is 11.2 Å². The number of rotatable bonds is 2. The van der Waals surface area contributed by atoms with Gasteiger partial charge in [0, 0.05) is 11.1 Å². The summed E-state index contributed by atoms with van der Waals surface area (Å²) in [5.74, 6) is 0. The van der Waals surface area contributed by atoms with E-state index in [-0.39, 0.29) is 5.56 Å². The van der Waals surface area contributed by atoms with Crippen molar-refractivity contribution in [3.63, 3.8) is 0 Å². The molecule has 7 heteroatoms. The number of hydrogen-bond acceptors (Lipinski definition) is 5. The van der Waals surface area contributed by atoms with E-state index in [0.717, 1.165) is 26.4 Å². The van der Waals surface area contributed by atoms with E-state index in [1.165, 1.54) is 6.33 Å². The molecule has 0 aliphatic carbocycles. The van der Waals surface area contributed by atoms with Crippen molar-refractivity contribution < 1.29 is 0 Å². The lowest BCUT2D eigenvalue weighted by molar-refractivity contribution is 0.715. The second kappa shape index (κ2) is 4.92. The molecule has 3 heterocycles. The highest BCUT2D eigenvalue weighted by Crippen LogP contribution is 2.25. The third-order valence-corrected chi connectivity index (χ3v) is 4.72. The minimum Gasteiger partial charge on any atom is -0.323 e. The molecule has 0 saturated heterocycles. The fraction of sp³-hybridized carbons (Fsp3) is 0.231. The van der Waals surface area contributed by atoms with Gasteiger partial charge < -0.3 is 4.98 Å². The van der Waals surface area contributed by atoms with E-state index >= 15 is 0 Å². The number of aromatic nitrogens is 4. The van der Waals surface area contributed by atoms with Gasteiger partial charge in [0.2, 0.25) is 0 Å². The van der Waals surface area contributed by atoms with Crippen molar-refractivity contribution in [2.24, 2.45) is 0 Å². The number of nitrogens with zero attached hydrogens (tertiary/aromatic N) is 3. The van der Waals surface area contributed by atoms with E-state index in [2.05, 4.69) is 15.0 Å². The number of aryl methyl sites for hydroxylation is 2. The first kappa shape index (κ1) is 13.1. The zero-order valence-corrected chi connectivity index (χ0v) is 12.6. The van der Waals surface area contributed by atoms with Gasteiger partial charge in [0.05, 0.1) is 17.6 Å². The highest BCUT2D eigenvalue weighted by molar-refractivity contribution is 7.71. The van der Waals surface area contributed by atoms with Crippen LogP contribution >= 0.6 is 23.6 Å². The van der Waals surface area contributed by atoms with Crippen LogP contribution in [-0.4, -0.2) is 19.5 Å². The maximum absolute atomic E-state index is 12.6. The Hall–Kier alpha value is -1.86. The van der Waals surface area contributed by atoms with Crippen LogP contribution in [0.1, 0.15) is 16.1 Å². The molecule has 0 bridgehead atoms. The molecular formula is C13H12N4OS2. The normalized spacial score (nSPS) is 11.1. The highest BCUT2D eigenvalue weighted by Gasteiger charge is 2.13. The van der Waals surface area contributed by atoms with Gasteiger partial charge in [0.25, 0.3) is 5.56 Å². The van der Waals surface area contributed by atoms with Crippen LogP contribution in [0.4, 0.5) is 0 Å². The number of thiophene rings is 1. The molecule has 20 heavy (non-hydrogen) atoms. The first-order valence-electron chi connectivity index (χ1n) is 6.05. The van der Waals surface area contributed by atoms with E-state index in [9.17, 15) is 4.79 Å². The van der Waals surface area contributed by atoms with Gasteiger partial charge in [-0.1, -0.05) is 0 Å². The predicted molar refractivity (Wildman–Crippen MR) is 81.9 cm³/mol. The summed E-state index contributed by atoms with van der Waals surface area (Å²) in [7, 11) is 0. The second-order valence-corrected chi connectivity index (χ2v) is 6.12. The van der Waals surface area contributed by atoms with Crippen molar-refractivity contribution in [3.05, 3.63) is 49.8 Å². The number of fused-ring (bicyclic) bond motifs is 1. The van der Waals surface area contributed by atoms with Crippen molar-refractivity contribution in [3.8, 4) is 0 Å². The minimum atomic E-state index is -0.0655. The molecule has 0 aliphatic heterocycles.